The largest absolute Gasteiger partial charge is 0.417 e. The van der Waals surface area contributed by atoms with Crippen LogP contribution >= 0.6 is 0 Å². The van der Waals surface area contributed by atoms with Crippen molar-refractivity contribution in [2.75, 3.05) is 0 Å². The average molecular weight is 1010 g/mol. The lowest BCUT2D eigenvalue weighted by molar-refractivity contribution is -0.137. The molecule has 370 valence electrons. The second-order valence-electron chi connectivity index (χ2n) is 18.7. The van der Waals surface area contributed by atoms with Gasteiger partial charge in [0.1, 0.15) is 46.6 Å². The molecule has 0 spiro atoms. The number of fused-ring (bicyclic) bond motifs is 6. The molecule has 0 radical (unpaired) electrons. The van der Waals surface area contributed by atoms with Crippen LogP contribution in [0, 0.1) is 66.7 Å². The van der Waals surface area contributed by atoms with E-state index in [9.17, 15) is 5.26 Å². The van der Waals surface area contributed by atoms with Crippen molar-refractivity contribution in [2.24, 2.45) is 0 Å². The summed E-state index contributed by atoms with van der Waals surface area (Å²) in [5, 5.41) is 13.0. The predicted molar refractivity (Wildman–Crippen MR) is 283 cm³/mol. The minimum absolute atomic E-state index is 0.120. The fourth-order valence-electron chi connectivity index (χ4n) is 10.3. The van der Waals surface area contributed by atoms with E-state index in [1.807, 2.05) is 110 Å². The summed E-state index contributed by atoms with van der Waals surface area (Å²) in [6, 6.07) is 34.3. The first-order valence-electron chi connectivity index (χ1n) is 24.2. The zero-order valence-electron chi connectivity index (χ0n) is 42.2. The Kier molecular flexibility index (Phi) is 11.0. The number of nitriles is 1. The molecule has 0 aliphatic carbocycles. The zero-order chi connectivity index (χ0) is 52.9. The average Bonchev–Trinajstić information content (AvgIpc) is 3.89. The second-order valence-corrected chi connectivity index (χ2v) is 18.7. The Bertz CT molecular complexity index is 4180. The third-order valence-electron chi connectivity index (χ3n) is 13.2. The number of benzene rings is 6. The van der Waals surface area contributed by atoms with E-state index < -0.39 is 11.7 Å². The molecule has 0 unspecified atom stereocenters. The Morgan fingerprint density at radius 1 is 0.368 bits per heavy atom. The van der Waals surface area contributed by atoms with Crippen molar-refractivity contribution in [1.82, 2.24) is 68.9 Å². The van der Waals surface area contributed by atoms with Crippen LogP contribution in [0.4, 0.5) is 13.2 Å². The number of aromatic nitrogens is 14. The molecule has 0 atom stereocenters. The van der Waals surface area contributed by atoms with Gasteiger partial charge in [-0.05, 0) is 164 Å². The molecular weight excluding hydrogens is 964 g/mol. The van der Waals surface area contributed by atoms with Crippen LogP contribution in [0.2, 0.25) is 0 Å². The summed E-state index contributed by atoms with van der Waals surface area (Å²) in [6.07, 6.45) is -4.86. The van der Waals surface area contributed by atoms with Crippen molar-refractivity contribution < 1.29 is 13.2 Å². The van der Waals surface area contributed by atoms with Gasteiger partial charge in [-0.2, -0.15) is 18.4 Å². The third kappa shape index (κ3) is 8.27. The summed E-state index contributed by atoms with van der Waals surface area (Å²) in [4.78, 5) is 55.1. The van der Waals surface area contributed by atoms with Gasteiger partial charge in [-0.25, -0.2) is 59.8 Å². The van der Waals surface area contributed by atoms with Gasteiger partial charge in [-0.3, -0.25) is 0 Å². The molecule has 0 fully saturated rings. The highest BCUT2D eigenvalue weighted by atomic mass is 19.4. The molecule has 0 N–H and O–H groups in total. The summed E-state index contributed by atoms with van der Waals surface area (Å²) < 4.78 is 52.3. The van der Waals surface area contributed by atoms with Crippen molar-refractivity contribution in [3.63, 3.8) is 0 Å². The minimum atomic E-state index is -4.86. The van der Waals surface area contributed by atoms with Crippen molar-refractivity contribution in [3.05, 3.63) is 167 Å². The van der Waals surface area contributed by atoms with Gasteiger partial charge in [0.05, 0.1) is 50.6 Å². The van der Waals surface area contributed by atoms with E-state index in [-0.39, 0.29) is 22.4 Å². The molecule has 12 rings (SSSR count). The van der Waals surface area contributed by atoms with Gasteiger partial charge in [0.25, 0.3) is 0 Å². The maximum absolute atomic E-state index is 16.1. The van der Waals surface area contributed by atoms with Crippen LogP contribution in [0.3, 0.4) is 0 Å². The molecule has 0 bridgehead atoms. The molecule has 6 aromatic heterocycles. The molecule has 76 heavy (non-hydrogen) atoms. The van der Waals surface area contributed by atoms with Crippen LogP contribution in [-0.2, 0) is 6.18 Å². The molecule has 0 amide bonds. The third-order valence-corrected chi connectivity index (χ3v) is 13.2. The molecule has 6 aromatic carbocycles. The zero-order valence-corrected chi connectivity index (χ0v) is 42.2. The minimum Gasteiger partial charge on any atom is -0.307 e. The molecule has 0 aliphatic rings. The smallest absolute Gasteiger partial charge is 0.307 e. The lowest BCUT2D eigenvalue weighted by atomic mass is 9.95. The van der Waals surface area contributed by atoms with Crippen LogP contribution in [0.15, 0.2) is 109 Å². The fraction of sp³-hybridized carbons (Fsp3) is 0.155. The van der Waals surface area contributed by atoms with Gasteiger partial charge in [0, 0.05) is 43.8 Å². The van der Waals surface area contributed by atoms with Crippen LogP contribution in [0.1, 0.15) is 57.7 Å². The van der Waals surface area contributed by atoms with Gasteiger partial charge in [0.2, 0.25) is 0 Å². The Morgan fingerprint density at radius 2 is 0.684 bits per heavy atom. The van der Waals surface area contributed by atoms with E-state index >= 15 is 13.2 Å². The topological polar surface area (TPSA) is 188 Å². The lowest BCUT2D eigenvalue weighted by Gasteiger charge is -2.22. The number of halogens is 3. The lowest BCUT2D eigenvalue weighted by Crippen LogP contribution is -2.12. The highest BCUT2D eigenvalue weighted by molar-refractivity contribution is 6.14. The summed E-state index contributed by atoms with van der Waals surface area (Å²) in [5.74, 6) is 6.22. The summed E-state index contributed by atoms with van der Waals surface area (Å²) in [7, 11) is 0. The van der Waals surface area contributed by atoms with Crippen molar-refractivity contribution in [2.45, 2.75) is 61.6 Å². The Labute approximate surface area is 432 Å². The summed E-state index contributed by atoms with van der Waals surface area (Å²) in [5.41, 5.74) is 5.35. The molecule has 0 aliphatic heterocycles. The van der Waals surface area contributed by atoms with Crippen LogP contribution in [0.25, 0.3) is 112 Å². The van der Waals surface area contributed by atoms with Gasteiger partial charge >= 0.3 is 6.18 Å². The first-order valence-corrected chi connectivity index (χ1v) is 24.2. The number of nitrogens with zero attached hydrogens (tertiary/aromatic N) is 15. The normalized spacial score (nSPS) is 11.9. The predicted octanol–water partition coefficient (Wildman–Crippen LogP) is 12.3. The molecule has 0 saturated carbocycles. The molecular formula is C58H42F3N15. The van der Waals surface area contributed by atoms with E-state index in [0.717, 1.165) is 10.8 Å². The highest BCUT2D eigenvalue weighted by Gasteiger charge is 2.36. The highest BCUT2D eigenvalue weighted by Crippen LogP contribution is 2.46. The number of alkyl halides is 3. The molecule has 15 nitrogen and oxygen atoms in total. The first kappa shape index (κ1) is 47.3. The molecule has 6 heterocycles. The monoisotopic (exact) mass is 1010 g/mol. The Hall–Kier alpha value is -9.76. The van der Waals surface area contributed by atoms with Crippen molar-refractivity contribution in [1.29, 1.82) is 5.26 Å². The Morgan fingerprint density at radius 3 is 0.987 bits per heavy atom. The van der Waals surface area contributed by atoms with E-state index in [4.69, 9.17) is 19.9 Å². The standard InChI is InChI=1S/C58H42F3N15/c1-28-63-29(2)68-54(67-28)38-12-16-48-43(21-38)44-22-39(55-69-30(3)64-31(4)70-55)13-17-49(44)75(48)52-25-42(37-11-9-10-36(20-37)27-62)47(58(59,60)61)26-53(52)76-50-18-14-40(56-71-32(5)65-33(6)72-56)23-45(50)46-24-41(15-19-51(46)76)57-73-34(7)66-35(8)74-57/h9-26H,1-8H3. The Balaban J connectivity index is 1.23. The van der Waals surface area contributed by atoms with E-state index in [2.05, 4.69) is 45.9 Å². The van der Waals surface area contributed by atoms with Crippen LogP contribution in [0.5, 0.6) is 0 Å². The molecule has 12 aromatic rings. The maximum Gasteiger partial charge on any atom is 0.417 e. The van der Waals surface area contributed by atoms with E-state index in [0.29, 0.717) is 131 Å². The molecule has 18 heteroatoms. The SMILES string of the molecule is Cc1nc(C)nc(-c2ccc3c(c2)c2cc(-c4nc(C)nc(C)n4)ccc2n3-c2cc(-c3cccc(C#N)c3)c(C(F)(F)F)cc2-n2c3ccc(-c4nc(C)nc(C)n4)cc3c3cc(-c4nc(C)nc(C)n4)ccc32)n1. The fourth-order valence-corrected chi connectivity index (χ4v) is 10.3. The second kappa shape index (κ2) is 17.7. The number of rotatable bonds is 7. The number of aryl methyl sites for hydroxylation is 8. The van der Waals surface area contributed by atoms with Crippen LogP contribution in [-0.4, -0.2) is 68.9 Å². The molecule has 0 saturated heterocycles. The van der Waals surface area contributed by atoms with Gasteiger partial charge < -0.3 is 9.13 Å². The van der Waals surface area contributed by atoms with Gasteiger partial charge in [0.15, 0.2) is 23.3 Å². The summed E-state index contributed by atoms with van der Waals surface area (Å²) in [6.45, 7) is 14.4. The van der Waals surface area contributed by atoms with Crippen molar-refractivity contribution >= 4 is 43.6 Å². The van der Waals surface area contributed by atoms with E-state index in [1.54, 1.807) is 52.0 Å². The number of hydrogen-bond acceptors (Lipinski definition) is 13. The first-order chi connectivity index (χ1) is 36.5. The number of hydrogen-bond donors (Lipinski definition) is 0. The van der Waals surface area contributed by atoms with Gasteiger partial charge in [-0.15, -0.1) is 0 Å². The van der Waals surface area contributed by atoms with Crippen molar-refractivity contribution in [3.8, 4) is 74.1 Å². The quantitative estimate of drug-likeness (QED) is 0.147. The van der Waals surface area contributed by atoms with E-state index in [1.165, 1.54) is 12.1 Å². The summed E-state index contributed by atoms with van der Waals surface area (Å²) >= 11 is 0. The van der Waals surface area contributed by atoms with Gasteiger partial charge in [-0.1, -0.05) is 12.1 Å². The maximum atomic E-state index is 16.1. The van der Waals surface area contributed by atoms with Crippen LogP contribution < -0.4 is 0 Å².